The van der Waals surface area contributed by atoms with Gasteiger partial charge in [0.15, 0.2) is 0 Å². The molecule has 0 aliphatic rings. The third-order valence-electron chi connectivity index (χ3n) is 0.372. The number of hydrogen-bond donors (Lipinski definition) is 0. The predicted octanol–water partition coefficient (Wildman–Crippen LogP) is 3.11. The molecule has 0 bridgehead atoms. The van der Waals surface area contributed by atoms with E-state index in [1.807, 2.05) is 13.8 Å². The summed E-state index contributed by atoms with van der Waals surface area (Å²) in [6, 6.07) is 0. The molecule has 0 amide bonds. The van der Waals surface area contributed by atoms with Crippen molar-refractivity contribution in [1.82, 2.24) is 0 Å². The summed E-state index contributed by atoms with van der Waals surface area (Å²) in [4.78, 5) is 0. The first-order valence-corrected chi connectivity index (χ1v) is 1.87. The smallest absolute Gasteiger partial charge is 0 e. The molecule has 10 heavy (non-hydrogen) atoms. The zero-order valence-corrected chi connectivity index (χ0v) is 7.51. The van der Waals surface area contributed by atoms with Crippen LogP contribution in [0.1, 0.15) is 36.1 Å². The van der Waals surface area contributed by atoms with E-state index >= 15 is 0 Å². The number of allylic oxidation sites excluding steroid dienone is 2. The van der Waals surface area contributed by atoms with Crippen molar-refractivity contribution in [1.29, 1.82) is 0 Å². The van der Waals surface area contributed by atoms with Gasteiger partial charge in [0, 0.05) is 23.9 Å². The fourth-order valence-electron chi connectivity index (χ4n) is 0.167. The van der Waals surface area contributed by atoms with Gasteiger partial charge in [0.05, 0.1) is 0 Å². The molecule has 0 nitrogen and oxygen atoms in total. The Bertz CT molecular complexity index is 91.8. The molecular formula is C9H20Sn. The average molecular weight is 247 g/mol. The Morgan fingerprint density at radius 2 is 1.50 bits per heavy atom. The van der Waals surface area contributed by atoms with Gasteiger partial charge in [-0.2, -0.15) is 0 Å². The maximum Gasteiger partial charge on any atom is 0 e. The average Bonchev–Trinajstić information content (AvgIpc) is 1.35. The van der Waals surface area contributed by atoms with Crippen LogP contribution in [0.25, 0.3) is 0 Å². The Balaban J connectivity index is -0.0000000208. The third-order valence-corrected chi connectivity index (χ3v) is 0.372. The van der Waals surface area contributed by atoms with E-state index < -0.39 is 0 Å². The number of rotatable bonds is 0. The van der Waals surface area contributed by atoms with Crippen LogP contribution < -0.4 is 0 Å². The molecule has 0 aliphatic carbocycles. The minimum Gasteiger partial charge on any atom is -0.115 e. The standard InChI is InChI=1S/C6H8.3CH4.Sn/c1-4-5-6(2)3;;;;/h1,5H,2-3H3;3*1H4;. The van der Waals surface area contributed by atoms with Crippen LogP contribution in [-0.4, -0.2) is 23.9 Å². The van der Waals surface area contributed by atoms with Crippen molar-refractivity contribution < 1.29 is 0 Å². The van der Waals surface area contributed by atoms with Gasteiger partial charge in [-0.3, -0.25) is 0 Å². The summed E-state index contributed by atoms with van der Waals surface area (Å²) in [6.45, 7) is 3.94. The topological polar surface area (TPSA) is 0 Å². The summed E-state index contributed by atoms with van der Waals surface area (Å²) >= 11 is 0. The molecule has 0 aromatic heterocycles. The van der Waals surface area contributed by atoms with Gasteiger partial charge < -0.3 is 0 Å². The number of hydrogen-bond acceptors (Lipinski definition) is 0. The maximum absolute atomic E-state index is 4.90. The van der Waals surface area contributed by atoms with E-state index in [1.165, 1.54) is 5.57 Å². The molecule has 0 saturated heterocycles. The maximum atomic E-state index is 4.90. The largest absolute Gasteiger partial charge is 0.115 e. The van der Waals surface area contributed by atoms with Crippen molar-refractivity contribution in [3.05, 3.63) is 11.6 Å². The monoisotopic (exact) mass is 248 g/mol. The Morgan fingerprint density at radius 1 is 1.20 bits per heavy atom. The molecule has 0 N–H and O–H groups in total. The molecule has 0 rings (SSSR count). The van der Waals surface area contributed by atoms with Gasteiger partial charge in [-0.15, -0.1) is 6.42 Å². The van der Waals surface area contributed by atoms with Crippen molar-refractivity contribution in [2.45, 2.75) is 36.1 Å². The second kappa shape index (κ2) is 23.0. The molecule has 0 fully saturated rings. The Morgan fingerprint density at radius 3 is 1.50 bits per heavy atom. The summed E-state index contributed by atoms with van der Waals surface area (Å²) in [5.74, 6) is 2.41. The first-order chi connectivity index (χ1) is 2.77. The molecule has 0 aromatic carbocycles. The summed E-state index contributed by atoms with van der Waals surface area (Å²) in [7, 11) is 0. The molecular weight excluding hydrogens is 227 g/mol. The molecule has 1 heteroatoms. The molecule has 60 valence electrons. The summed E-state index contributed by atoms with van der Waals surface area (Å²) < 4.78 is 0. The van der Waals surface area contributed by atoms with E-state index in [0.29, 0.717) is 0 Å². The molecule has 4 radical (unpaired) electrons. The Hall–Kier alpha value is 0.0987. The second-order valence-corrected chi connectivity index (χ2v) is 1.39. The van der Waals surface area contributed by atoms with Crippen LogP contribution in [0.15, 0.2) is 11.6 Å². The molecule has 0 heterocycles. The van der Waals surface area contributed by atoms with E-state index in [-0.39, 0.29) is 46.2 Å². The van der Waals surface area contributed by atoms with Gasteiger partial charge in [-0.25, -0.2) is 0 Å². The van der Waals surface area contributed by atoms with Crippen molar-refractivity contribution >= 4 is 23.9 Å². The zero-order chi connectivity index (χ0) is 4.99. The van der Waals surface area contributed by atoms with Crippen molar-refractivity contribution in [2.75, 3.05) is 0 Å². The van der Waals surface area contributed by atoms with Crippen molar-refractivity contribution in [2.24, 2.45) is 0 Å². The van der Waals surface area contributed by atoms with Crippen LogP contribution in [-0.2, 0) is 0 Å². The van der Waals surface area contributed by atoms with E-state index in [9.17, 15) is 0 Å². The van der Waals surface area contributed by atoms with Crippen LogP contribution in [0.2, 0.25) is 0 Å². The van der Waals surface area contributed by atoms with Crippen LogP contribution in [0, 0.1) is 12.3 Å². The van der Waals surface area contributed by atoms with E-state index in [4.69, 9.17) is 6.42 Å². The second-order valence-electron chi connectivity index (χ2n) is 1.39. The summed E-state index contributed by atoms with van der Waals surface area (Å²) in [5.41, 5.74) is 1.18. The van der Waals surface area contributed by atoms with Gasteiger partial charge in [-0.1, -0.05) is 33.8 Å². The van der Waals surface area contributed by atoms with Crippen molar-refractivity contribution in [3.8, 4) is 12.3 Å². The Labute approximate surface area is 84.1 Å². The van der Waals surface area contributed by atoms with Gasteiger partial charge in [-0.05, 0) is 19.9 Å². The third kappa shape index (κ3) is 42.5. The fraction of sp³-hybridized carbons (Fsp3) is 0.556. The zero-order valence-electron chi connectivity index (χ0n) is 4.65. The molecule has 0 aliphatic heterocycles. The summed E-state index contributed by atoms with van der Waals surface area (Å²) in [5, 5.41) is 0. The molecule has 0 atom stereocenters. The van der Waals surface area contributed by atoms with Crippen molar-refractivity contribution in [3.63, 3.8) is 0 Å². The van der Waals surface area contributed by atoms with Gasteiger partial charge >= 0.3 is 0 Å². The van der Waals surface area contributed by atoms with Crippen LogP contribution in [0.4, 0.5) is 0 Å². The van der Waals surface area contributed by atoms with Gasteiger partial charge in [0.2, 0.25) is 0 Å². The number of terminal acetylenes is 1. The quantitative estimate of drug-likeness (QED) is 0.455. The molecule has 0 saturated carbocycles. The fourth-order valence-corrected chi connectivity index (χ4v) is 0.167. The minimum absolute atomic E-state index is 0. The van der Waals surface area contributed by atoms with Gasteiger partial charge in [0.25, 0.3) is 0 Å². The summed E-state index contributed by atoms with van der Waals surface area (Å²) in [6.07, 6.45) is 6.64. The Kier molecular flexibility index (Phi) is 73.8. The first kappa shape index (κ1) is 32.2. The van der Waals surface area contributed by atoms with Crippen LogP contribution in [0.3, 0.4) is 0 Å². The normalized spacial score (nSPS) is 3.70. The van der Waals surface area contributed by atoms with Crippen LogP contribution in [0.5, 0.6) is 0 Å². The van der Waals surface area contributed by atoms with Gasteiger partial charge in [0.1, 0.15) is 0 Å². The van der Waals surface area contributed by atoms with E-state index in [0.717, 1.165) is 0 Å². The molecule has 0 aromatic rings. The molecule has 0 unspecified atom stereocenters. The SMILES string of the molecule is C.C.C.C#CC=C(C)C.[Sn]. The minimum atomic E-state index is 0. The predicted molar refractivity (Wildman–Crippen MR) is 54.2 cm³/mol. The van der Waals surface area contributed by atoms with E-state index in [2.05, 4.69) is 5.92 Å². The van der Waals surface area contributed by atoms with E-state index in [1.54, 1.807) is 6.08 Å². The van der Waals surface area contributed by atoms with Crippen LogP contribution >= 0.6 is 0 Å². The first-order valence-electron chi connectivity index (χ1n) is 1.87. The molecule has 0 spiro atoms.